The van der Waals surface area contributed by atoms with Crippen molar-refractivity contribution in [2.45, 2.75) is 52.9 Å². The van der Waals surface area contributed by atoms with Crippen molar-refractivity contribution in [1.29, 1.82) is 0 Å². The normalized spacial score (nSPS) is 16.8. The van der Waals surface area contributed by atoms with Crippen molar-refractivity contribution >= 4 is 18.1 Å². The van der Waals surface area contributed by atoms with Crippen LogP contribution in [-0.2, 0) is 27.3 Å². The molecule has 2 aromatic rings. The van der Waals surface area contributed by atoms with Crippen molar-refractivity contribution in [1.82, 2.24) is 4.90 Å². The summed E-state index contributed by atoms with van der Waals surface area (Å²) >= 11 is 0. The van der Waals surface area contributed by atoms with Crippen LogP contribution >= 0.6 is 0 Å². The minimum Gasteiger partial charge on any atom is -0.496 e. The Bertz CT molecular complexity index is 1150. The van der Waals surface area contributed by atoms with Gasteiger partial charge in [-0.2, -0.15) is 0 Å². The van der Waals surface area contributed by atoms with E-state index in [0.29, 0.717) is 42.3 Å². The fourth-order valence-corrected chi connectivity index (χ4v) is 4.93. The van der Waals surface area contributed by atoms with Gasteiger partial charge in [0, 0.05) is 16.7 Å². The second-order valence-electron chi connectivity index (χ2n) is 9.82. The van der Waals surface area contributed by atoms with E-state index in [0.717, 1.165) is 21.6 Å². The smallest absolute Gasteiger partial charge is 0.416 e. The van der Waals surface area contributed by atoms with Crippen LogP contribution < -0.4 is 9.47 Å². The van der Waals surface area contributed by atoms with E-state index >= 15 is 0 Å². The fraction of sp³-hybridized carbons (Fsp3) is 0.467. The zero-order valence-electron chi connectivity index (χ0n) is 23.2. The lowest BCUT2D eigenvalue weighted by Crippen LogP contribution is -2.45. The molecular weight excluding hydrogens is 486 g/mol. The van der Waals surface area contributed by atoms with Gasteiger partial charge in [0.15, 0.2) is 0 Å². The first-order chi connectivity index (χ1) is 18.2. The Balaban J connectivity index is 1.96. The van der Waals surface area contributed by atoms with Crippen LogP contribution in [0.25, 0.3) is 6.08 Å². The van der Waals surface area contributed by atoms with Gasteiger partial charge in [0.1, 0.15) is 18.1 Å². The molecular formula is C30H39NO7. The molecule has 8 nitrogen and oxygen atoms in total. The summed E-state index contributed by atoms with van der Waals surface area (Å²) in [6, 6.07) is 9.49. The van der Waals surface area contributed by atoms with Gasteiger partial charge >= 0.3 is 6.09 Å². The first-order valence-corrected chi connectivity index (χ1v) is 12.9. The fourth-order valence-electron chi connectivity index (χ4n) is 4.93. The molecule has 1 fully saturated rings. The van der Waals surface area contributed by atoms with Crippen LogP contribution in [-0.4, -0.2) is 55.5 Å². The number of ether oxygens (including phenoxy) is 4. The maximum absolute atomic E-state index is 13.5. The van der Waals surface area contributed by atoms with Gasteiger partial charge in [0.25, 0.3) is 0 Å². The molecule has 0 aromatic heterocycles. The maximum Gasteiger partial charge on any atom is 0.416 e. The zero-order valence-corrected chi connectivity index (χ0v) is 23.2. The Morgan fingerprint density at radius 1 is 1.18 bits per heavy atom. The molecule has 1 N–H and O–H groups in total. The predicted molar refractivity (Wildman–Crippen MR) is 145 cm³/mol. The van der Waals surface area contributed by atoms with Gasteiger partial charge in [-0.1, -0.05) is 63.8 Å². The summed E-state index contributed by atoms with van der Waals surface area (Å²) in [7, 11) is 3.08. The van der Waals surface area contributed by atoms with E-state index in [1.165, 1.54) is 7.11 Å². The third-order valence-corrected chi connectivity index (χ3v) is 7.14. The predicted octanol–water partition coefficient (Wildman–Crippen LogP) is 5.09. The van der Waals surface area contributed by atoms with Crippen molar-refractivity contribution in [2.75, 3.05) is 27.4 Å². The number of cyclic esters (lactones) is 1. The number of aliphatic hydroxyl groups is 1. The number of benzene rings is 2. The molecule has 2 amide bonds. The highest BCUT2D eigenvalue weighted by Gasteiger charge is 2.43. The Labute approximate surface area is 225 Å². The topological polar surface area (TPSA) is 94.5 Å². The van der Waals surface area contributed by atoms with Gasteiger partial charge in [-0.15, -0.1) is 0 Å². The number of carbonyl (C=O) groups is 2. The monoisotopic (exact) mass is 525 g/mol. The quantitative estimate of drug-likeness (QED) is 0.386. The van der Waals surface area contributed by atoms with Crippen molar-refractivity contribution < 1.29 is 33.6 Å². The molecule has 1 aliphatic heterocycles. The van der Waals surface area contributed by atoms with Crippen LogP contribution in [0.2, 0.25) is 0 Å². The van der Waals surface area contributed by atoms with E-state index in [-0.39, 0.29) is 12.5 Å². The number of rotatable bonds is 12. The van der Waals surface area contributed by atoms with Crippen LogP contribution in [0.1, 0.15) is 54.7 Å². The van der Waals surface area contributed by atoms with Gasteiger partial charge in [-0.3, -0.25) is 4.79 Å². The van der Waals surface area contributed by atoms with E-state index in [4.69, 9.17) is 18.9 Å². The maximum atomic E-state index is 13.5. The highest BCUT2D eigenvalue weighted by Crippen LogP contribution is 2.45. The van der Waals surface area contributed by atoms with Crippen molar-refractivity contribution in [3.8, 4) is 11.5 Å². The summed E-state index contributed by atoms with van der Waals surface area (Å²) in [6.07, 6.45) is 0.0818. The molecule has 0 aliphatic carbocycles. The zero-order chi connectivity index (χ0) is 28.0. The molecule has 0 bridgehead atoms. The standard InChI is InChI=1S/C30H39NO7/c1-8-22-25(26(32)20(5)29(33)31-24(18(2)3)17-38-30(31)34)28(36-7)23(19(4)27(22)35-6)14-15-37-16-21-12-10-9-11-13-21/h8-13,18,20,24,26,32H,1,14-17H2,2-7H3/t20-,24+,26-/m0/s1. The average molecular weight is 526 g/mol. The molecule has 0 radical (unpaired) electrons. The highest BCUT2D eigenvalue weighted by molar-refractivity contribution is 5.95. The molecule has 3 rings (SSSR count). The minimum atomic E-state index is -1.30. The third-order valence-electron chi connectivity index (χ3n) is 7.14. The van der Waals surface area contributed by atoms with E-state index in [2.05, 4.69) is 6.58 Å². The van der Waals surface area contributed by atoms with Gasteiger partial charge < -0.3 is 24.1 Å². The van der Waals surface area contributed by atoms with E-state index < -0.39 is 30.1 Å². The lowest BCUT2D eigenvalue weighted by atomic mass is 9.86. The van der Waals surface area contributed by atoms with Gasteiger partial charge in [0.05, 0.1) is 45.5 Å². The van der Waals surface area contributed by atoms with Gasteiger partial charge in [-0.25, -0.2) is 9.69 Å². The molecule has 38 heavy (non-hydrogen) atoms. The third kappa shape index (κ3) is 5.87. The Morgan fingerprint density at radius 2 is 1.84 bits per heavy atom. The molecule has 1 aliphatic rings. The van der Waals surface area contributed by atoms with Gasteiger partial charge in [0.2, 0.25) is 5.91 Å². The molecule has 3 atom stereocenters. The number of methoxy groups -OCH3 is 2. The summed E-state index contributed by atoms with van der Waals surface area (Å²) in [4.78, 5) is 27.0. The number of aliphatic hydroxyl groups excluding tert-OH is 1. The number of carbonyl (C=O) groups excluding carboxylic acids is 2. The first kappa shape index (κ1) is 29.2. The molecule has 0 unspecified atom stereocenters. The van der Waals surface area contributed by atoms with Gasteiger partial charge in [-0.05, 0) is 30.4 Å². The molecule has 8 heteroatoms. The van der Waals surface area contributed by atoms with Crippen molar-refractivity contribution in [3.63, 3.8) is 0 Å². The van der Waals surface area contributed by atoms with Crippen LogP contribution in [0, 0.1) is 18.8 Å². The first-order valence-electron chi connectivity index (χ1n) is 12.9. The van der Waals surface area contributed by atoms with Crippen LogP contribution in [0.15, 0.2) is 36.9 Å². The molecule has 1 heterocycles. The van der Waals surface area contributed by atoms with Crippen LogP contribution in [0.4, 0.5) is 4.79 Å². The highest BCUT2D eigenvalue weighted by atomic mass is 16.6. The number of imide groups is 1. The lowest BCUT2D eigenvalue weighted by Gasteiger charge is -2.30. The largest absolute Gasteiger partial charge is 0.496 e. The molecule has 2 aromatic carbocycles. The second kappa shape index (κ2) is 12.9. The second-order valence-corrected chi connectivity index (χ2v) is 9.82. The lowest BCUT2D eigenvalue weighted by molar-refractivity contribution is -0.137. The Morgan fingerprint density at radius 3 is 2.42 bits per heavy atom. The summed E-state index contributed by atoms with van der Waals surface area (Å²) < 4.78 is 22.6. The molecule has 206 valence electrons. The van der Waals surface area contributed by atoms with Crippen LogP contribution in [0.3, 0.4) is 0 Å². The number of nitrogens with zero attached hydrogens (tertiary/aromatic N) is 1. The van der Waals surface area contributed by atoms with Crippen molar-refractivity contribution in [2.24, 2.45) is 11.8 Å². The Hall–Kier alpha value is -3.36. The Kier molecular flexibility index (Phi) is 9.94. The number of hydrogen-bond acceptors (Lipinski definition) is 7. The van der Waals surface area contributed by atoms with E-state index in [1.54, 1.807) is 20.1 Å². The van der Waals surface area contributed by atoms with Crippen molar-refractivity contribution in [3.05, 3.63) is 64.7 Å². The molecule has 0 spiro atoms. The summed E-state index contributed by atoms with van der Waals surface area (Å²) in [5.74, 6) is -0.492. The van der Waals surface area contributed by atoms with Crippen LogP contribution in [0.5, 0.6) is 11.5 Å². The van der Waals surface area contributed by atoms with E-state index in [1.807, 2.05) is 51.1 Å². The summed E-state index contributed by atoms with van der Waals surface area (Å²) in [5, 5.41) is 11.6. The molecule has 0 saturated carbocycles. The van der Waals surface area contributed by atoms with E-state index in [9.17, 15) is 14.7 Å². The number of amides is 2. The minimum absolute atomic E-state index is 0.00923. The summed E-state index contributed by atoms with van der Waals surface area (Å²) in [6.45, 7) is 12.3. The summed E-state index contributed by atoms with van der Waals surface area (Å²) in [5.41, 5.74) is 3.63. The number of hydrogen-bond donors (Lipinski definition) is 1. The SMILES string of the molecule is C=Cc1c(OC)c(C)c(CCOCc2ccccc2)c(OC)c1[C@@H](O)[C@H](C)C(=O)N1C(=O)OC[C@@H]1C(C)C. The average Bonchev–Trinajstić information content (AvgIpc) is 3.31. The molecule has 1 saturated heterocycles.